The molecule has 3 heterocycles. The Hall–Kier alpha value is -5.73. The van der Waals surface area contributed by atoms with E-state index in [0.29, 0.717) is 24.0 Å². The summed E-state index contributed by atoms with van der Waals surface area (Å²) in [5, 5.41) is 13.7. The first-order chi connectivity index (χ1) is 28.7. The van der Waals surface area contributed by atoms with Gasteiger partial charge in [0.05, 0.1) is 17.3 Å². The molecule has 0 saturated carbocycles. The first-order valence-corrected chi connectivity index (χ1v) is 19.7. The summed E-state index contributed by atoms with van der Waals surface area (Å²) in [7, 11) is 0. The zero-order valence-corrected chi connectivity index (χ0v) is 35.7. The molecule has 1 fully saturated rings. The van der Waals surface area contributed by atoms with Gasteiger partial charge in [-0.15, -0.1) is 0 Å². The topological polar surface area (TPSA) is 247 Å². The highest BCUT2D eigenvalue weighted by molar-refractivity contribution is 6.36. The first kappa shape index (κ1) is 47.9. The van der Waals surface area contributed by atoms with Gasteiger partial charge >= 0.3 is 35.9 Å². The highest BCUT2D eigenvalue weighted by atomic mass is 35.5. The van der Waals surface area contributed by atoms with E-state index in [0.717, 1.165) is 19.9 Å². The third-order valence-electron chi connectivity index (χ3n) is 9.10. The number of pyridine rings is 1. The van der Waals surface area contributed by atoms with Crippen molar-refractivity contribution in [2.75, 3.05) is 18.8 Å². The van der Waals surface area contributed by atoms with Gasteiger partial charge in [0.25, 0.3) is 0 Å². The number of carbonyl (C=O) groups excluding carboxylic acids is 6. The molecule has 1 aromatic carbocycles. The minimum absolute atomic E-state index is 0.0885. The molecule has 1 aliphatic rings. The van der Waals surface area contributed by atoms with Crippen molar-refractivity contribution in [3.63, 3.8) is 0 Å². The molecule has 1 saturated heterocycles. The number of likely N-dealkylation sites (tertiary alicyclic amines) is 1. The number of aromatic nitrogens is 3. The van der Waals surface area contributed by atoms with Crippen LogP contribution in [0.2, 0.25) is 10.0 Å². The number of amides is 1. The fourth-order valence-electron chi connectivity index (χ4n) is 5.68. The van der Waals surface area contributed by atoms with Crippen molar-refractivity contribution in [1.82, 2.24) is 19.7 Å². The van der Waals surface area contributed by atoms with Crippen molar-refractivity contribution in [3.05, 3.63) is 58.2 Å². The van der Waals surface area contributed by atoms with Gasteiger partial charge in [-0.05, 0) is 79.5 Å². The smallest absolute Gasteiger partial charge is 0.410 e. The van der Waals surface area contributed by atoms with Crippen LogP contribution in [0.5, 0.6) is 5.75 Å². The van der Waals surface area contributed by atoms with E-state index < -0.39 is 84.7 Å². The van der Waals surface area contributed by atoms with Crippen LogP contribution in [0, 0.1) is 5.82 Å². The Morgan fingerprint density at radius 2 is 1.25 bits per heavy atom. The third kappa shape index (κ3) is 12.9. The number of nitrogens with zero attached hydrogens (tertiary/aromatic N) is 4. The predicted octanol–water partition coefficient (Wildman–Crippen LogP) is 4.88. The Morgan fingerprint density at radius 1 is 0.754 bits per heavy atom. The number of benzene rings is 1. The molecule has 3 N–H and O–H groups in total. The highest BCUT2D eigenvalue weighted by Crippen LogP contribution is 2.37. The number of piperidine rings is 1. The van der Waals surface area contributed by atoms with Crippen LogP contribution in [-0.2, 0) is 52.4 Å². The number of halogens is 3. The molecule has 22 heteroatoms. The third-order valence-corrected chi connectivity index (χ3v) is 9.81. The number of nitrogens with two attached hydrogens (primary N) is 1. The van der Waals surface area contributed by atoms with E-state index in [9.17, 15) is 33.2 Å². The summed E-state index contributed by atoms with van der Waals surface area (Å²) in [5.74, 6) is -5.83. The van der Waals surface area contributed by atoms with E-state index in [1.807, 2.05) is 6.20 Å². The van der Waals surface area contributed by atoms with E-state index in [-0.39, 0.29) is 46.3 Å². The number of nitrogen functional groups attached to an aromatic ring is 1. The number of rotatable bonds is 16. The van der Waals surface area contributed by atoms with Crippen molar-refractivity contribution in [2.24, 2.45) is 0 Å². The fourth-order valence-corrected chi connectivity index (χ4v) is 6.36. The monoisotopic (exact) mass is 897 g/mol. The van der Waals surface area contributed by atoms with Gasteiger partial charge in [-0.3, -0.25) is 4.68 Å². The molecule has 7 atom stereocenters. The quantitative estimate of drug-likeness (QED) is 0.0841. The van der Waals surface area contributed by atoms with Crippen molar-refractivity contribution >= 4 is 65.0 Å². The summed E-state index contributed by atoms with van der Waals surface area (Å²) in [6, 6.07) is 4.13. The van der Waals surface area contributed by atoms with Crippen molar-refractivity contribution in [3.8, 4) is 16.9 Å². The second-order valence-corrected chi connectivity index (χ2v) is 14.7. The van der Waals surface area contributed by atoms with Gasteiger partial charge in [-0.2, -0.15) is 5.10 Å². The van der Waals surface area contributed by atoms with Crippen molar-refractivity contribution in [1.29, 1.82) is 0 Å². The largest absolute Gasteiger partial charge is 0.482 e. The maximum Gasteiger partial charge on any atom is 0.410 e. The van der Waals surface area contributed by atoms with E-state index in [1.54, 1.807) is 30.1 Å². The number of aliphatic hydroxyl groups excluding tert-OH is 1. The molecular weight excluding hydrogens is 852 g/mol. The zero-order valence-electron chi connectivity index (χ0n) is 34.2. The van der Waals surface area contributed by atoms with Crippen LogP contribution in [0.15, 0.2) is 36.8 Å². The molecule has 0 aliphatic carbocycles. The van der Waals surface area contributed by atoms with Gasteiger partial charge in [-0.1, -0.05) is 23.2 Å². The average molecular weight is 899 g/mol. The van der Waals surface area contributed by atoms with E-state index >= 15 is 0 Å². The molecule has 19 nitrogen and oxygen atoms in total. The SMILES string of the molecule is CC(O)OC(=O)C(C)OC(=O)C(C)OC(=O)C(C)OC(=O)C(C)OC(=O)C(C)OC(=O)N1CCC(n2cc(-c3cnc(N)c(O[C@H](C)c4c(Cl)ccc(F)c4Cl)c3)cn2)CC1. The van der Waals surface area contributed by atoms with Crippen LogP contribution in [0.1, 0.15) is 79.0 Å². The Balaban J connectivity index is 1.22. The highest BCUT2D eigenvalue weighted by Gasteiger charge is 2.33. The number of aliphatic hydroxyl groups is 1. The predicted molar refractivity (Wildman–Crippen MR) is 211 cm³/mol. The molecule has 6 unspecified atom stereocenters. The number of hydrogen-bond donors (Lipinski definition) is 2. The Labute approximate surface area is 359 Å². The lowest BCUT2D eigenvalue weighted by Gasteiger charge is -2.32. The summed E-state index contributed by atoms with van der Waals surface area (Å²) >= 11 is 12.4. The van der Waals surface area contributed by atoms with Crippen LogP contribution >= 0.6 is 23.2 Å². The summed E-state index contributed by atoms with van der Waals surface area (Å²) in [5.41, 5.74) is 7.68. The van der Waals surface area contributed by atoms with E-state index in [4.69, 9.17) is 62.5 Å². The number of hydrogen-bond acceptors (Lipinski definition) is 17. The maximum atomic E-state index is 14.1. The van der Waals surface area contributed by atoms with Gasteiger partial charge in [-0.25, -0.2) is 38.1 Å². The van der Waals surface area contributed by atoms with Gasteiger partial charge in [0.2, 0.25) is 0 Å². The molecule has 332 valence electrons. The second kappa shape index (κ2) is 21.2. The molecule has 0 spiro atoms. The molecule has 61 heavy (non-hydrogen) atoms. The minimum Gasteiger partial charge on any atom is -0.482 e. The lowest BCUT2D eigenvalue weighted by atomic mass is 10.1. The lowest BCUT2D eigenvalue weighted by molar-refractivity contribution is -0.189. The number of carbonyl (C=O) groups is 6. The molecule has 0 bridgehead atoms. The van der Waals surface area contributed by atoms with E-state index in [1.165, 1.54) is 38.7 Å². The molecule has 4 rings (SSSR count). The van der Waals surface area contributed by atoms with Crippen LogP contribution in [0.4, 0.5) is 15.0 Å². The molecular formula is C39H46Cl2FN5O14. The standard InChI is InChI=1S/C39H46Cl2FN5O14/c1-18(31-28(40)8-9-29(42)32(31)41)55-30-14-25(15-44-33(30)43)26-16-45-47(17-26)27-10-12-46(13-11-27)39(54)60-23(6)37(52)58-21(4)35(50)56-19(2)34(49)57-20(3)36(51)59-22(5)38(53)61-24(7)48/h8-9,14-24,27,48H,10-13H2,1-7H3,(H2,43,44)/t18-,19?,20?,21?,22?,23?,24?/m1/s1. The number of esters is 5. The van der Waals surface area contributed by atoms with Crippen LogP contribution in [0.25, 0.3) is 11.1 Å². The normalized spacial score (nSPS) is 16.4. The number of ether oxygens (including phenoxy) is 7. The molecule has 2 aromatic heterocycles. The van der Waals surface area contributed by atoms with Crippen LogP contribution < -0.4 is 10.5 Å². The fraction of sp³-hybridized carbons (Fsp3) is 0.487. The summed E-state index contributed by atoms with van der Waals surface area (Å²) in [6.07, 6.45) is -4.43. The Bertz CT molecular complexity index is 2100. The van der Waals surface area contributed by atoms with Gasteiger partial charge < -0.3 is 48.9 Å². The average Bonchev–Trinajstić information content (AvgIpc) is 3.70. The molecule has 1 aliphatic heterocycles. The van der Waals surface area contributed by atoms with Crippen LogP contribution in [-0.4, -0.2) is 111 Å². The Kier molecular flexibility index (Phi) is 16.6. The maximum absolute atomic E-state index is 14.1. The second-order valence-electron chi connectivity index (χ2n) is 13.9. The summed E-state index contributed by atoms with van der Waals surface area (Å²) in [6.45, 7) is 9.27. The van der Waals surface area contributed by atoms with Gasteiger partial charge in [0, 0.05) is 47.2 Å². The summed E-state index contributed by atoms with van der Waals surface area (Å²) < 4.78 is 51.6. The molecule has 0 radical (unpaired) electrons. The molecule has 1 amide bonds. The van der Waals surface area contributed by atoms with E-state index in [2.05, 4.69) is 14.8 Å². The van der Waals surface area contributed by atoms with Crippen molar-refractivity contribution in [2.45, 2.75) is 110 Å². The minimum atomic E-state index is -1.56. The Morgan fingerprint density at radius 3 is 1.75 bits per heavy atom. The molecule has 3 aromatic rings. The lowest BCUT2D eigenvalue weighted by Crippen LogP contribution is -2.42. The van der Waals surface area contributed by atoms with Gasteiger partial charge in [0.15, 0.2) is 48.4 Å². The number of anilines is 1. The zero-order chi connectivity index (χ0) is 45.3. The summed E-state index contributed by atoms with van der Waals surface area (Å²) in [4.78, 5) is 80.2. The van der Waals surface area contributed by atoms with Crippen molar-refractivity contribution < 1.29 is 71.4 Å². The van der Waals surface area contributed by atoms with Gasteiger partial charge in [0.1, 0.15) is 11.9 Å². The first-order valence-electron chi connectivity index (χ1n) is 18.9. The van der Waals surface area contributed by atoms with Crippen LogP contribution in [0.3, 0.4) is 0 Å².